The zero-order valence-electron chi connectivity index (χ0n) is 20.2. The van der Waals surface area contributed by atoms with Gasteiger partial charge in [0, 0.05) is 5.56 Å². The summed E-state index contributed by atoms with van der Waals surface area (Å²) in [5, 5.41) is 27.3. The second-order valence-electron chi connectivity index (χ2n) is 11.1. The minimum Gasteiger partial charge on any atom is -0.465 e. The average molecular weight is 450 g/mol. The molecule has 8 heteroatoms. The molecule has 1 aliphatic rings. The Kier molecular flexibility index (Phi) is 7.29. The number of nitrogens with zero attached hydrogens (tertiary/aromatic N) is 1. The first-order chi connectivity index (χ1) is 14.1. The topological polar surface area (TPSA) is 106 Å². The number of benzene rings is 1. The Morgan fingerprint density at radius 2 is 1.90 bits per heavy atom. The van der Waals surface area contributed by atoms with E-state index in [0.29, 0.717) is 18.4 Å². The summed E-state index contributed by atoms with van der Waals surface area (Å²) < 4.78 is 6.73. The van der Waals surface area contributed by atoms with Gasteiger partial charge in [0.1, 0.15) is 5.84 Å². The first kappa shape index (κ1) is 25.4. The third kappa shape index (κ3) is 5.48. The van der Waals surface area contributed by atoms with Crippen LogP contribution < -0.4 is 5.48 Å². The highest BCUT2D eigenvalue weighted by Crippen LogP contribution is 2.42. The van der Waals surface area contributed by atoms with Crippen molar-refractivity contribution in [2.24, 2.45) is 5.41 Å². The van der Waals surface area contributed by atoms with Crippen LogP contribution in [0.25, 0.3) is 0 Å². The van der Waals surface area contributed by atoms with Gasteiger partial charge in [0.15, 0.2) is 8.32 Å². The molecule has 2 atom stereocenters. The lowest BCUT2D eigenvalue weighted by Gasteiger charge is -2.45. The van der Waals surface area contributed by atoms with Gasteiger partial charge in [-0.1, -0.05) is 59.7 Å². The van der Waals surface area contributed by atoms with E-state index in [1.165, 1.54) is 4.90 Å². The van der Waals surface area contributed by atoms with E-state index in [2.05, 4.69) is 54.6 Å². The van der Waals surface area contributed by atoms with Gasteiger partial charge >= 0.3 is 6.09 Å². The predicted octanol–water partition coefficient (Wildman–Crippen LogP) is 5.39. The molecular formula is C23H39N3O4Si. The normalized spacial score (nSPS) is 17.8. The number of carbonyl (C=O) groups is 1. The number of fused-ring (bicyclic) bond motifs is 1. The van der Waals surface area contributed by atoms with Crippen LogP contribution in [0, 0.1) is 10.8 Å². The molecule has 4 N–H and O–H groups in total. The minimum absolute atomic E-state index is 0.0249. The molecule has 1 amide bonds. The van der Waals surface area contributed by atoms with Gasteiger partial charge < -0.3 is 9.53 Å². The molecule has 174 valence electrons. The van der Waals surface area contributed by atoms with E-state index in [4.69, 9.17) is 9.84 Å². The number of hydrogen-bond acceptors (Lipinski definition) is 4. The molecule has 0 radical (unpaired) electrons. The van der Waals surface area contributed by atoms with Crippen LogP contribution in [0.4, 0.5) is 4.79 Å². The number of hydroxylamine groups is 1. The molecular weight excluding hydrogens is 410 g/mol. The molecule has 0 saturated carbocycles. The van der Waals surface area contributed by atoms with Gasteiger partial charge in [-0.25, -0.2) is 4.79 Å². The fourth-order valence-corrected chi connectivity index (χ4v) is 5.28. The number of nitrogens with one attached hydrogen (secondary N) is 2. The highest BCUT2D eigenvalue weighted by molar-refractivity contribution is 6.74. The molecule has 1 aromatic rings. The quantitative estimate of drug-likeness (QED) is 0.201. The van der Waals surface area contributed by atoms with Crippen LogP contribution in [0.2, 0.25) is 18.1 Å². The molecule has 0 fully saturated rings. The maximum atomic E-state index is 12.4. The summed E-state index contributed by atoms with van der Waals surface area (Å²) in [4.78, 5) is 13.9. The molecule has 0 aliphatic heterocycles. The van der Waals surface area contributed by atoms with Crippen LogP contribution >= 0.6 is 0 Å². The molecule has 1 unspecified atom stereocenters. The second-order valence-corrected chi connectivity index (χ2v) is 15.8. The molecule has 0 heterocycles. The minimum atomic E-state index is -2.10. The van der Waals surface area contributed by atoms with Crippen molar-refractivity contribution in [1.82, 2.24) is 10.4 Å². The molecule has 1 aliphatic carbocycles. The van der Waals surface area contributed by atoms with Crippen LogP contribution in [-0.4, -0.2) is 48.1 Å². The van der Waals surface area contributed by atoms with Crippen LogP contribution in [-0.2, 0) is 10.8 Å². The van der Waals surface area contributed by atoms with Gasteiger partial charge in [-0.3, -0.25) is 21.0 Å². The van der Waals surface area contributed by atoms with E-state index < -0.39 is 14.4 Å². The van der Waals surface area contributed by atoms with Crippen LogP contribution in [0.15, 0.2) is 18.2 Å². The number of amides is 1. The van der Waals surface area contributed by atoms with Crippen molar-refractivity contribution >= 4 is 20.2 Å². The number of hydrogen-bond donors (Lipinski definition) is 4. The van der Waals surface area contributed by atoms with Gasteiger partial charge in [-0.05, 0) is 47.5 Å². The van der Waals surface area contributed by atoms with Crippen LogP contribution in [0.1, 0.15) is 70.7 Å². The van der Waals surface area contributed by atoms with E-state index in [9.17, 15) is 15.1 Å². The molecule has 2 rings (SSSR count). The van der Waals surface area contributed by atoms with E-state index in [0.717, 1.165) is 11.1 Å². The lowest BCUT2D eigenvalue weighted by atomic mass is 9.88. The molecule has 0 saturated heterocycles. The van der Waals surface area contributed by atoms with Crippen molar-refractivity contribution in [2.45, 2.75) is 84.7 Å². The Morgan fingerprint density at radius 3 is 2.39 bits per heavy atom. The van der Waals surface area contributed by atoms with Crippen LogP contribution in [0.5, 0.6) is 0 Å². The largest absolute Gasteiger partial charge is 0.465 e. The zero-order valence-corrected chi connectivity index (χ0v) is 21.2. The molecule has 0 aromatic heterocycles. The first-order valence-electron chi connectivity index (χ1n) is 10.9. The maximum absolute atomic E-state index is 12.4. The van der Waals surface area contributed by atoms with E-state index in [1.807, 2.05) is 17.6 Å². The lowest BCUT2D eigenvalue weighted by Crippen LogP contribution is -2.52. The average Bonchev–Trinajstić information content (AvgIpc) is 3.06. The monoisotopic (exact) mass is 449 g/mol. The van der Waals surface area contributed by atoms with Crippen molar-refractivity contribution < 1.29 is 19.5 Å². The smallest absolute Gasteiger partial charge is 0.407 e. The summed E-state index contributed by atoms with van der Waals surface area (Å²) in [5.41, 5.74) is 4.11. The van der Waals surface area contributed by atoms with Crippen molar-refractivity contribution in [1.29, 1.82) is 5.41 Å². The Morgan fingerprint density at radius 1 is 1.29 bits per heavy atom. The molecule has 7 nitrogen and oxygen atoms in total. The Balaban J connectivity index is 2.39. The number of carboxylic acid groups (broad SMARTS) is 1. The number of rotatable bonds is 6. The summed E-state index contributed by atoms with van der Waals surface area (Å²) in [6, 6.07) is 5.21. The predicted molar refractivity (Wildman–Crippen MR) is 126 cm³/mol. The van der Waals surface area contributed by atoms with Crippen molar-refractivity contribution in [3.63, 3.8) is 0 Å². The Hall–Kier alpha value is -1.90. The molecule has 0 bridgehead atoms. The fraction of sp³-hybridized carbons (Fsp3) is 0.652. The summed E-state index contributed by atoms with van der Waals surface area (Å²) in [7, 11) is -2.10. The van der Waals surface area contributed by atoms with Gasteiger partial charge in [0.25, 0.3) is 0 Å². The molecule has 31 heavy (non-hydrogen) atoms. The van der Waals surface area contributed by atoms with Crippen molar-refractivity contribution in [2.75, 3.05) is 6.54 Å². The number of amidine groups is 1. The van der Waals surface area contributed by atoms with E-state index >= 15 is 0 Å². The van der Waals surface area contributed by atoms with E-state index in [-0.39, 0.29) is 35.0 Å². The maximum Gasteiger partial charge on any atom is 0.407 e. The molecule has 0 spiro atoms. The summed E-state index contributed by atoms with van der Waals surface area (Å²) >= 11 is 0. The first-order valence-corrected chi connectivity index (χ1v) is 13.8. The third-order valence-corrected chi connectivity index (χ3v) is 11.3. The SMILES string of the molecule is CC(C)(C)[C@@H](CN(C(=O)O)C1CCc2c(C(=N)NO)cccc21)O[Si](C)(C)C(C)(C)C. The van der Waals surface area contributed by atoms with Crippen molar-refractivity contribution in [3.8, 4) is 0 Å². The standard InChI is InChI=1S/C23H39N3O4Si/c1-22(2,3)19(30-31(7,8)23(4,5)6)14-26(21(27)28)18-13-12-15-16(18)10-9-11-17(15)20(24)25-29/h9-11,18-19,29H,12-14H2,1-8H3,(H2,24,25)(H,27,28)/t18?,19-/m1/s1. The van der Waals surface area contributed by atoms with Gasteiger partial charge in [0.2, 0.25) is 0 Å². The fourth-order valence-electron chi connectivity index (χ4n) is 3.79. The van der Waals surface area contributed by atoms with Gasteiger partial charge in [-0.15, -0.1) is 0 Å². The Labute approximate surface area is 187 Å². The summed E-state index contributed by atoms with van der Waals surface area (Å²) in [6.45, 7) is 17.5. The van der Waals surface area contributed by atoms with Gasteiger partial charge in [0.05, 0.1) is 18.7 Å². The summed E-state index contributed by atoms with van der Waals surface area (Å²) in [6.07, 6.45) is 0.0996. The highest BCUT2D eigenvalue weighted by Gasteiger charge is 2.43. The van der Waals surface area contributed by atoms with Crippen LogP contribution in [0.3, 0.4) is 0 Å². The zero-order chi connectivity index (χ0) is 23.8. The van der Waals surface area contributed by atoms with Gasteiger partial charge in [-0.2, -0.15) is 0 Å². The van der Waals surface area contributed by atoms with E-state index in [1.54, 1.807) is 6.07 Å². The Bertz CT molecular complexity index is 827. The third-order valence-electron chi connectivity index (χ3n) is 6.81. The second kappa shape index (κ2) is 8.92. The van der Waals surface area contributed by atoms with Crippen molar-refractivity contribution in [3.05, 3.63) is 34.9 Å². The highest BCUT2D eigenvalue weighted by atomic mass is 28.4. The summed E-state index contributed by atoms with van der Waals surface area (Å²) in [5.74, 6) is -0.0757. The lowest BCUT2D eigenvalue weighted by molar-refractivity contribution is 0.0263. The molecule has 1 aromatic carbocycles.